The molecule has 2 aromatic carbocycles. The van der Waals surface area contributed by atoms with Crippen molar-refractivity contribution >= 4 is 23.2 Å². The number of ether oxygens (including phenoxy) is 1. The van der Waals surface area contributed by atoms with Gasteiger partial charge in [0, 0.05) is 25.1 Å². The minimum Gasteiger partial charge on any atom is -0.493 e. The van der Waals surface area contributed by atoms with Crippen LogP contribution in [0.3, 0.4) is 0 Å². The molecular formula is C20H22N2O2S. The fourth-order valence-corrected chi connectivity index (χ4v) is 3.10. The molecule has 0 aliphatic carbocycles. The maximum atomic E-state index is 12.4. The van der Waals surface area contributed by atoms with Gasteiger partial charge in [-0.1, -0.05) is 36.4 Å². The number of hydrogen-bond donors (Lipinski definition) is 1. The van der Waals surface area contributed by atoms with Crippen LogP contribution >= 0.6 is 12.2 Å². The number of thiocarbonyl (C=S) groups is 1. The van der Waals surface area contributed by atoms with Crippen molar-refractivity contribution in [2.45, 2.75) is 19.3 Å². The summed E-state index contributed by atoms with van der Waals surface area (Å²) in [5.74, 6) is 0.501. The average molecular weight is 354 g/mol. The molecular weight excluding hydrogens is 332 g/mol. The fourth-order valence-electron chi connectivity index (χ4n) is 2.83. The van der Waals surface area contributed by atoms with Gasteiger partial charge in [-0.3, -0.25) is 10.1 Å². The quantitative estimate of drug-likeness (QED) is 0.836. The number of carbonyl (C=O) groups excluding carboxylic acids is 1. The Morgan fingerprint density at radius 1 is 1.08 bits per heavy atom. The first kappa shape index (κ1) is 17.4. The van der Waals surface area contributed by atoms with Gasteiger partial charge in [0.05, 0.1) is 6.61 Å². The lowest BCUT2D eigenvalue weighted by Gasteiger charge is -2.18. The number of rotatable bonds is 5. The Hall–Kier alpha value is -2.40. The van der Waals surface area contributed by atoms with E-state index in [1.807, 2.05) is 35.2 Å². The van der Waals surface area contributed by atoms with E-state index in [0.717, 1.165) is 32.4 Å². The maximum absolute atomic E-state index is 12.4. The molecule has 0 spiro atoms. The molecule has 25 heavy (non-hydrogen) atoms. The number of hydrogen-bond acceptors (Lipinski definition) is 3. The van der Waals surface area contributed by atoms with Crippen LogP contribution in [0.2, 0.25) is 0 Å². The minimum absolute atomic E-state index is 0.189. The third-order valence-corrected chi connectivity index (χ3v) is 4.57. The number of nitrogens with zero attached hydrogens (tertiary/aromatic N) is 1. The number of likely N-dealkylation sites (tertiary alicyclic amines) is 1. The van der Waals surface area contributed by atoms with Crippen molar-refractivity contribution in [3.63, 3.8) is 0 Å². The van der Waals surface area contributed by atoms with Crippen molar-refractivity contribution in [1.29, 1.82) is 0 Å². The summed E-state index contributed by atoms with van der Waals surface area (Å²) < 4.78 is 5.78. The first-order valence-electron chi connectivity index (χ1n) is 8.59. The van der Waals surface area contributed by atoms with Gasteiger partial charge in [0.15, 0.2) is 5.11 Å². The molecule has 5 heteroatoms. The third kappa shape index (κ3) is 5.03. The molecule has 1 aliphatic rings. The summed E-state index contributed by atoms with van der Waals surface area (Å²) in [5.41, 5.74) is 1.78. The Bertz CT molecular complexity index is 727. The molecule has 1 saturated heterocycles. The lowest BCUT2D eigenvalue weighted by molar-refractivity contribution is 0.0973. The zero-order valence-electron chi connectivity index (χ0n) is 14.1. The number of nitrogens with one attached hydrogen (secondary N) is 1. The molecule has 4 nitrogen and oxygen atoms in total. The molecule has 0 aromatic heterocycles. The van der Waals surface area contributed by atoms with Crippen LogP contribution in [0, 0.1) is 0 Å². The van der Waals surface area contributed by atoms with E-state index in [1.165, 1.54) is 5.56 Å². The predicted octanol–water partition coefficient (Wildman–Crippen LogP) is 3.42. The summed E-state index contributed by atoms with van der Waals surface area (Å²) in [5, 5.41) is 3.32. The highest BCUT2D eigenvalue weighted by Gasteiger charge is 2.17. The van der Waals surface area contributed by atoms with Gasteiger partial charge in [0.1, 0.15) is 5.75 Å². The van der Waals surface area contributed by atoms with E-state index < -0.39 is 0 Å². The van der Waals surface area contributed by atoms with E-state index in [0.29, 0.717) is 23.0 Å². The van der Waals surface area contributed by atoms with E-state index >= 15 is 0 Å². The predicted molar refractivity (Wildman–Crippen MR) is 103 cm³/mol. The first-order valence-corrected chi connectivity index (χ1v) is 9.00. The maximum Gasteiger partial charge on any atom is 0.257 e. The van der Waals surface area contributed by atoms with Crippen LogP contribution in [-0.4, -0.2) is 35.6 Å². The molecule has 2 aromatic rings. The Morgan fingerprint density at radius 2 is 1.84 bits per heavy atom. The zero-order valence-corrected chi connectivity index (χ0v) is 14.9. The van der Waals surface area contributed by atoms with Crippen LogP contribution in [-0.2, 0) is 6.42 Å². The molecule has 0 bridgehead atoms. The van der Waals surface area contributed by atoms with Crippen molar-refractivity contribution in [2.75, 3.05) is 19.7 Å². The van der Waals surface area contributed by atoms with Gasteiger partial charge in [-0.15, -0.1) is 0 Å². The molecule has 0 atom stereocenters. The summed E-state index contributed by atoms with van der Waals surface area (Å²) in [7, 11) is 0. The molecule has 0 unspecified atom stereocenters. The largest absolute Gasteiger partial charge is 0.493 e. The SMILES string of the molecule is O=C(NC(=S)N1CCCC1)c1cccc(OCCc2ccccc2)c1. The summed E-state index contributed by atoms with van der Waals surface area (Å²) in [6.07, 6.45) is 3.08. The van der Waals surface area contributed by atoms with Crippen molar-refractivity contribution in [3.05, 3.63) is 65.7 Å². The van der Waals surface area contributed by atoms with E-state index in [4.69, 9.17) is 17.0 Å². The van der Waals surface area contributed by atoms with Crippen LogP contribution in [0.4, 0.5) is 0 Å². The second-order valence-corrected chi connectivity index (χ2v) is 6.45. The zero-order chi connectivity index (χ0) is 17.5. The van der Waals surface area contributed by atoms with Crippen LogP contribution < -0.4 is 10.1 Å². The van der Waals surface area contributed by atoms with Gasteiger partial charge >= 0.3 is 0 Å². The molecule has 130 valence electrons. The van der Waals surface area contributed by atoms with Gasteiger partial charge in [-0.05, 0) is 48.8 Å². The highest BCUT2D eigenvalue weighted by molar-refractivity contribution is 7.80. The second-order valence-electron chi connectivity index (χ2n) is 6.07. The highest BCUT2D eigenvalue weighted by Crippen LogP contribution is 2.14. The number of carbonyl (C=O) groups is 1. The number of benzene rings is 2. The molecule has 1 N–H and O–H groups in total. The van der Waals surface area contributed by atoms with Crippen molar-refractivity contribution < 1.29 is 9.53 Å². The van der Waals surface area contributed by atoms with Crippen molar-refractivity contribution in [1.82, 2.24) is 10.2 Å². The lowest BCUT2D eigenvalue weighted by atomic mass is 10.2. The molecule has 1 aliphatic heterocycles. The average Bonchev–Trinajstić information content (AvgIpc) is 3.18. The van der Waals surface area contributed by atoms with E-state index in [2.05, 4.69) is 17.4 Å². The van der Waals surface area contributed by atoms with Gasteiger partial charge in [-0.25, -0.2) is 0 Å². The van der Waals surface area contributed by atoms with Crippen molar-refractivity contribution in [2.24, 2.45) is 0 Å². The number of amides is 1. The van der Waals surface area contributed by atoms with Crippen LogP contribution in [0.5, 0.6) is 5.75 Å². The Morgan fingerprint density at radius 3 is 2.60 bits per heavy atom. The second kappa shape index (κ2) is 8.62. The lowest BCUT2D eigenvalue weighted by Crippen LogP contribution is -2.41. The monoisotopic (exact) mass is 354 g/mol. The topological polar surface area (TPSA) is 41.6 Å². The molecule has 0 radical (unpaired) electrons. The van der Waals surface area contributed by atoms with E-state index in [1.54, 1.807) is 12.1 Å². The Kier molecular flexibility index (Phi) is 6.01. The molecule has 1 fully saturated rings. The smallest absolute Gasteiger partial charge is 0.257 e. The summed E-state index contributed by atoms with van der Waals surface area (Å²) in [6.45, 7) is 2.41. The van der Waals surface area contributed by atoms with Crippen LogP contribution in [0.25, 0.3) is 0 Å². The van der Waals surface area contributed by atoms with Crippen molar-refractivity contribution in [3.8, 4) is 5.75 Å². The Balaban J connectivity index is 1.53. The van der Waals surface area contributed by atoms with Gasteiger partial charge < -0.3 is 9.64 Å². The molecule has 0 saturated carbocycles. The first-order chi connectivity index (χ1) is 12.2. The van der Waals surface area contributed by atoms with Gasteiger partial charge in [-0.2, -0.15) is 0 Å². The van der Waals surface area contributed by atoms with Gasteiger partial charge in [0.2, 0.25) is 0 Å². The standard InChI is InChI=1S/C20H22N2O2S/c23-19(21-20(25)22-12-4-5-13-22)17-9-6-10-18(15-17)24-14-11-16-7-2-1-3-8-16/h1-3,6-10,15H,4-5,11-14H2,(H,21,23,25). The summed E-state index contributed by atoms with van der Waals surface area (Å²) in [6, 6.07) is 17.4. The molecule has 1 amide bonds. The third-order valence-electron chi connectivity index (χ3n) is 4.21. The molecule has 1 heterocycles. The fraction of sp³-hybridized carbons (Fsp3) is 0.300. The van der Waals surface area contributed by atoms with Crippen LogP contribution in [0.1, 0.15) is 28.8 Å². The van der Waals surface area contributed by atoms with Gasteiger partial charge in [0.25, 0.3) is 5.91 Å². The summed E-state index contributed by atoms with van der Waals surface area (Å²) in [4.78, 5) is 14.4. The minimum atomic E-state index is -0.189. The van der Waals surface area contributed by atoms with E-state index in [9.17, 15) is 4.79 Å². The van der Waals surface area contributed by atoms with E-state index in [-0.39, 0.29) is 5.91 Å². The normalized spacial score (nSPS) is 13.5. The summed E-state index contributed by atoms with van der Waals surface area (Å²) >= 11 is 5.31. The Labute approximate surface area is 153 Å². The van der Waals surface area contributed by atoms with Crippen LogP contribution in [0.15, 0.2) is 54.6 Å². The highest BCUT2D eigenvalue weighted by atomic mass is 32.1. The molecule has 3 rings (SSSR count).